The highest BCUT2D eigenvalue weighted by Crippen LogP contribution is 2.02. The Bertz CT molecular complexity index is 406. The molecule has 0 spiro atoms. The maximum absolute atomic E-state index is 11.5. The van der Waals surface area contributed by atoms with E-state index >= 15 is 0 Å². The van der Waals surface area contributed by atoms with Gasteiger partial charge < -0.3 is 15.8 Å². The first-order valence-corrected chi connectivity index (χ1v) is 6.18. The standard InChI is InChI=1S/C14H19N2O3/c1-11(6-5-9-13(15)17)16-14(18)19-10-12-7-3-2-4-8-12/h2-4,7-9,11H,5-6,10H2,1H3,(H2,15,17)(H,16,18). The summed E-state index contributed by atoms with van der Waals surface area (Å²) in [6.45, 7) is 2.09. The second-order valence-electron chi connectivity index (χ2n) is 4.29. The zero-order chi connectivity index (χ0) is 14.1. The van der Waals surface area contributed by atoms with E-state index in [0.717, 1.165) is 5.56 Å². The first kappa shape index (κ1) is 15.0. The largest absolute Gasteiger partial charge is 0.445 e. The fourth-order valence-electron chi connectivity index (χ4n) is 1.51. The van der Waals surface area contributed by atoms with Crippen LogP contribution in [0.25, 0.3) is 0 Å². The van der Waals surface area contributed by atoms with Gasteiger partial charge in [-0.15, -0.1) is 0 Å². The molecule has 0 aliphatic heterocycles. The summed E-state index contributed by atoms with van der Waals surface area (Å²) in [6.07, 6.45) is 2.11. The van der Waals surface area contributed by atoms with E-state index in [0.29, 0.717) is 12.8 Å². The molecule has 1 radical (unpaired) electrons. The van der Waals surface area contributed by atoms with E-state index in [1.54, 1.807) is 0 Å². The Morgan fingerprint density at radius 2 is 2.05 bits per heavy atom. The van der Waals surface area contributed by atoms with Crippen molar-refractivity contribution in [1.29, 1.82) is 0 Å². The van der Waals surface area contributed by atoms with E-state index in [-0.39, 0.29) is 12.6 Å². The van der Waals surface area contributed by atoms with Gasteiger partial charge in [0.15, 0.2) is 0 Å². The number of amides is 2. The van der Waals surface area contributed by atoms with E-state index in [1.807, 2.05) is 37.3 Å². The van der Waals surface area contributed by atoms with Crippen LogP contribution in [-0.4, -0.2) is 18.0 Å². The summed E-state index contributed by atoms with van der Waals surface area (Å²) < 4.78 is 5.07. The van der Waals surface area contributed by atoms with Gasteiger partial charge in [-0.2, -0.15) is 0 Å². The maximum Gasteiger partial charge on any atom is 0.407 e. The lowest BCUT2D eigenvalue weighted by Gasteiger charge is -2.13. The Labute approximate surface area is 113 Å². The number of nitrogens with two attached hydrogens (primary N) is 1. The fraction of sp³-hybridized carbons (Fsp3) is 0.357. The summed E-state index contributed by atoms with van der Waals surface area (Å²) in [6, 6.07) is 9.38. The second-order valence-corrected chi connectivity index (χ2v) is 4.29. The monoisotopic (exact) mass is 263 g/mol. The van der Waals surface area contributed by atoms with Crippen molar-refractivity contribution in [3.8, 4) is 0 Å². The predicted molar refractivity (Wildman–Crippen MR) is 72.0 cm³/mol. The Morgan fingerprint density at radius 3 is 2.68 bits per heavy atom. The molecule has 2 amide bonds. The maximum atomic E-state index is 11.5. The number of benzene rings is 1. The van der Waals surface area contributed by atoms with Crippen LogP contribution in [-0.2, 0) is 16.1 Å². The first-order valence-electron chi connectivity index (χ1n) is 6.18. The number of carbonyl (C=O) groups excluding carboxylic acids is 2. The van der Waals surface area contributed by atoms with E-state index in [2.05, 4.69) is 5.32 Å². The number of hydrogen-bond acceptors (Lipinski definition) is 3. The van der Waals surface area contributed by atoms with Crippen molar-refractivity contribution in [2.24, 2.45) is 5.73 Å². The van der Waals surface area contributed by atoms with Gasteiger partial charge in [-0.1, -0.05) is 30.3 Å². The molecule has 1 unspecified atom stereocenters. The molecule has 0 saturated heterocycles. The van der Waals surface area contributed by atoms with Gasteiger partial charge >= 0.3 is 6.09 Å². The lowest BCUT2D eigenvalue weighted by molar-refractivity contribution is -0.115. The van der Waals surface area contributed by atoms with Crippen LogP contribution < -0.4 is 11.1 Å². The Morgan fingerprint density at radius 1 is 1.37 bits per heavy atom. The minimum atomic E-state index is -0.463. The van der Waals surface area contributed by atoms with Gasteiger partial charge in [0, 0.05) is 12.5 Å². The molecule has 1 aromatic carbocycles. The number of ether oxygens (including phenoxy) is 1. The van der Waals surface area contributed by atoms with Crippen LogP contribution >= 0.6 is 0 Å². The van der Waals surface area contributed by atoms with E-state index < -0.39 is 12.0 Å². The Balaban J connectivity index is 2.18. The molecule has 1 rings (SSSR count). The molecule has 19 heavy (non-hydrogen) atoms. The lowest BCUT2D eigenvalue weighted by atomic mass is 10.1. The smallest absolute Gasteiger partial charge is 0.407 e. The fourth-order valence-corrected chi connectivity index (χ4v) is 1.51. The third kappa shape index (κ3) is 7.08. The van der Waals surface area contributed by atoms with Crippen molar-refractivity contribution in [3.63, 3.8) is 0 Å². The van der Waals surface area contributed by atoms with Crippen LogP contribution in [0.5, 0.6) is 0 Å². The summed E-state index contributed by atoms with van der Waals surface area (Å²) >= 11 is 0. The summed E-state index contributed by atoms with van der Waals surface area (Å²) in [4.78, 5) is 22.0. The molecule has 0 saturated carbocycles. The van der Waals surface area contributed by atoms with Gasteiger partial charge in [0.05, 0.1) is 0 Å². The molecule has 3 N–H and O–H groups in total. The van der Waals surface area contributed by atoms with E-state index in [4.69, 9.17) is 10.5 Å². The highest BCUT2D eigenvalue weighted by Gasteiger charge is 2.08. The van der Waals surface area contributed by atoms with Crippen molar-refractivity contribution in [2.45, 2.75) is 32.4 Å². The van der Waals surface area contributed by atoms with Crippen molar-refractivity contribution in [3.05, 3.63) is 42.3 Å². The van der Waals surface area contributed by atoms with Crippen LogP contribution in [0.3, 0.4) is 0 Å². The molecule has 0 aliphatic carbocycles. The minimum absolute atomic E-state index is 0.0705. The first-order chi connectivity index (χ1) is 9.08. The molecule has 5 nitrogen and oxygen atoms in total. The lowest BCUT2D eigenvalue weighted by Crippen LogP contribution is -2.33. The van der Waals surface area contributed by atoms with Crippen LogP contribution in [0, 0.1) is 6.42 Å². The molecule has 1 atom stereocenters. The molecule has 0 aliphatic rings. The van der Waals surface area contributed by atoms with Gasteiger partial charge in [0.1, 0.15) is 6.61 Å². The number of rotatable bonds is 7. The average molecular weight is 263 g/mol. The molecular formula is C14H19N2O3. The Hall–Kier alpha value is -2.04. The number of nitrogens with one attached hydrogen (secondary N) is 1. The highest BCUT2D eigenvalue weighted by molar-refractivity contribution is 5.82. The Kier molecular flexibility index (Phi) is 6.43. The van der Waals surface area contributed by atoms with Gasteiger partial charge in [-0.3, -0.25) is 4.79 Å². The predicted octanol–water partition coefficient (Wildman–Crippen LogP) is 1.77. The van der Waals surface area contributed by atoms with Crippen molar-refractivity contribution in [2.75, 3.05) is 0 Å². The zero-order valence-electron chi connectivity index (χ0n) is 11.0. The quantitative estimate of drug-likeness (QED) is 0.786. The normalized spacial score (nSPS) is 11.6. The zero-order valence-corrected chi connectivity index (χ0v) is 11.0. The number of primary amides is 1. The summed E-state index contributed by atoms with van der Waals surface area (Å²) in [5, 5.41) is 2.69. The number of carbonyl (C=O) groups is 2. The van der Waals surface area contributed by atoms with Crippen molar-refractivity contribution >= 4 is 12.0 Å². The SMILES string of the molecule is CC(CC[CH]C(N)=O)NC(=O)OCc1ccccc1. The topological polar surface area (TPSA) is 81.4 Å². The molecule has 0 bridgehead atoms. The van der Waals surface area contributed by atoms with Crippen LogP contribution in [0.1, 0.15) is 25.3 Å². The second kappa shape index (κ2) is 8.13. The van der Waals surface area contributed by atoms with Crippen LogP contribution in [0.2, 0.25) is 0 Å². The summed E-state index contributed by atoms with van der Waals surface area (Å²) in [5.41, 5.74) is 5.92. The highest BCUT2D eigenvalue weighted by atomic mass is 16.5. The van der Waals surface area contributed by atoms with Gasteiger partial charge in [-0.05, 0) is 25.3 Å². The molecule has 0 heterocycles. The molecular weight excluding hydrogens is 244 g/mol. The van der Waals surface area contributed by atoms with Crippen molar-refractivity contribution in [1.82, 2.24) is 5.32 Å². The molecule has 0 aromatic heterocycles. The minimum Gasteiger partial charge on any atom is -0.445 e. The molecule has 5 heteroatoms. The van der Waals surface area contributed by atoms with Gasteiger partial charge in [0.2, 0.25) is 5.91 Å². The summed E-state index contributed by atoms with van der Waals surface area (Å²) in [7, 11) is 0. The van der Waals surface area contributed by atoms with E-state index in [1.165, 1.54) is 6.42 Å². The average Bonchev–Trinajstić information content (AvgIpc) is 2.37. The number of alkyl carbamates (subject to hydrolysis) is 1. The molecule has 0 fully saturated rings. The van der Waals surface area contributed by atoms with Crippen molar-refractivity contribution < 1.29 is 14.3 Å². The molecule has 103 valence electrons. The van der Waals surface area contributed by atoms with Crippen LogP contribution in [0.4, 0.5) is 4.79 Å². The number of hydrogen-bond donors (Lipinski definition) is 2. The third-order valence-electron chi connectivity index (χ3n) is 2.52. The van der Waals surface area contributed by atoms with Gasteiger partial charge in [0.25, 0.3) is 0 Å². The third-order valence-corrected chi connectivity index (χ3v) is 2.52. The molecule has 1 aromatic rings. The van der Waals surface area contributed by atoms with E-state index in [9.17, 15) is 9.59 Å². The van der Waals surface area contributed by atoms with Gasteiger partial charge in [-0.25, -0.2) is 4.79 Å². The summed E-state index contributed by atoms with van der Waals surface area (Å²) in [5.74, 6) is -0.446. The van der Waals surface area contributed by atoms with Crippen LogP contribution in [0.15, 0.2) is 30.3 Å².